The number of rotatable bonds is 17. The molecular formula is C33H53N3O6. The summed E-state index contributed by atoms with van der Waals surface area (Å²) in [6.07, 6.45) is 5.61. The van der Waals surface area contributed by atoms with Gasteiger partial charge in [0.2, 0.25) is 11.8 Å². The fraction of sp³-hybridized carbons (Fsp3) is 0.667. The number of benzene rings is 1. The Labute approximate surface area is 251 Å². The second kappa shape index (κ2) is 18.6. The topological polar surface area (TPSA) is 137 Å². The number of ether oxygens (including phenoxy) is 1. The van der Waals surface area contributed by atoms with Crippen molar-refractivity contribution in [3.8, 4) is 0 Å². The fourth-order valence-corrected chi connectivity index (χ4v) is 5.59. The fourth-order valence-electron chi connectivity index (χ4n) is 5.59. The molecule has 3 amide bonds. The molecule has 42 heavy (non-hydrogen) atoms. The van der Waals surface area contributed by atoms with E-state index in [9.17, 15) is 24.6 Å². The quantitative estimate of drug-likeness (QED) is 0.173. The SMILES string of the molecule is C=CCOC(=O)N[C@@H](Cc1ccccc1)C(=O)N[C@@H](CC(C)C)C(=O)N[C@@H](CC1CCCCC1)[C@@H](O)[C@H](O)CC(C)C. The Balaban J connectivity index is 2.23. The van der Waals surface area contributed by atoms with Gasteiger partial charge < -0.3 is 30.9 Å². The predicted molar refractivity (Wildman–Crippen MR) is 165 cm³/mol. The van der Waals surface area contributed by atoms with Crippen LogP contribution in [-0.2, 0) is 20.7 Å². The van der Waals surface area contributed by atoms with Crippen molar-refractivity contribution in [1.29, 1.82) is 0 Å². The van der Waals surface area contributed by atoms with Crippen LogP contribution in [0.15, 0.2) is 43.0 Å². The molecule has 0 radical (unpaired) electrons. The second-order valence-corrected chi connectivity index (χ2v) is 12.5. The van der Waals surface area contributed by atoms with Crippen molar-refractivity contribution in [3.63, 3.8) is 0 Å². The van der Waals surface area contributed by atoms with E-state index in [-0.39, 0.29) is 24.9 Å². The molecule has 0 saturated heterocycles. The highest BCUT2D eigenvalue weighted by Crippen LogP contribution is 2.29. The van der Waals surface area contributed by atoms with E-state index in [1.165, 1.54) is 12.5 Å². The average Bonchev–Trinajstić information content (AvgIpc) is 2.95. The van der Waals surface area contributed by atoms with Gasteiger partial charge in [0.15, 0.2) is 0 Å². The van der Waals surface area contributed by atoms with E-state index < -0.39 is 48.2 Å². The molecule has 0 heterocycles. The minimum atomic E-state index is -1.12. The van der Waals surface area contributed by atoms with E-state index in [4.69, 9.17) is 4.74 Å². The van der Waals surface area contributed by atoms with E-state index >= 15 is 0 Å². The zero-order valence-electron chi connectivity index (χ0n) is 25.9. The van der Waals surface area contributed by atoms with Crippen molar-refractivity contribution >= 4 is 17.9 Å². The molecule has 0 aliphatic heterocycles. The van der Waals surface area contributed by atoms with E-state index in [0.717, 1.165) is 31.2 Å². The Morgan fingerprint density at radius 2 is 1.52 bits per heavy atom. The zero-order chi connectivity index (χ0) is 31.1. The van der Waals surface area contributed by atoms with E-state index in [2.05, 4.69) is 22.5 Å². The molecule has 1 aliphatic carbocycles. The van der Waals surface area contributed by atoms with E-state index in [0.29, 0.717) is 25.2 Å². The molecule has 1 fully saturated rings. The van der Waals surface area contributed by atoms with Gasteiger partial charge in [0, 0.05) is 6.42 Å². The first-order valence-electron chi connectivity index (χ1n) is 15.5. The molecule has 0 unspecified atom stereocenters. The van der Waals surface area contributed by atoms with Crippen LogP contribution in [0.1, 0.15) is 84.6 Å². The van der Waals surface area contributed by atoms with Gasteiger partial charge in [-0.1, -0.05) is 103 Å². The van der Waals surface area contributed by atoms with Crippen LogP contribution in [0.5, 0.6) is 0 Å². The third kappa shape index (κ3) is 12.9. The molecule has 1 aromatic carbocycles. The second-order valence-electron chi connectivity index (χ2n) is 12.5. The van der Waals surface area contributed by atoms with Gasteiger partial charge in [-0.25, -0.2) is 4.79 Å². The van der Waals surface area contributed by atoms with Crippen molar-refractivity contribution in [1.82, 2.24) is 16.0 Å². The largest absolute Gasteiger partial charge is 0.445 e. The van der Waals surface area contributed by atoms with Crippen LogP contribution in [0.2, 0.25) is 0 Å². The molecular weight excluding hydrogens is 534 g/mol. The summed E-state index contributed by atoms with van der Waals surface area (Å²) in [6.45, 7) is 11.4. The summed E-state index contributed by atoms with van der Waals surface area (Å²) in [7, 11) is 0. The number of amides is 3. The number of carbonyl (C=O) groups excluding carboxylic acids is 3. The number of aliphatic hydroxyl groups is 2. The van der Waals surface area contributed by atoms with E-state index in [1.54, 1.807) is 0 Å². The highest BCUT2D eigenvalue weighted by atomic mass is 16.5. The summed E-state index contributed by atoms with van der Waals surface area (Å²) in [5.74, 6) is -0.321. The molecule has 236 valence electrons. The maximum absolute atomic E-state index is 13.7. The molecule has 1 aromatic rings. The van der Waals surface area contributed by atoms with Crippen molar-refractivity contribution in [2.24, 2.45) is 17.8 Å². The van der Waals surface area contributed by atoms with Crippen molar-refractivity contribution in [2.75, 3.05) is 6.61 Å². The van der Waals surface area contributed by atoms with Gasteiger partial charge in [-0.15, -0.1) is 0 Å². The normalized spacial score (nSPS) is 17.5. The summed E-state index contributed by atoms with van der Waals surface area (Å²) in [4.78, 5) is 39.6. The van der Waals surface area contributed by atoms with Gasteiger partial charge in [-0.2, -0.15) is 0 Å². The minimum absolute atomic E-state index is 0.00272. The number of alkyl carbamates (subject to hydrolysis) is 1. The molecule has 0 spiro atoms. The van der Waals surface area contributed by atoms with Gasteiger partial charge in [-0.05, 0) is 42.6 Å². The van der Waals surface area contributed by atoms with Crippen LogP contribution in [0.3, 0.4) is 0 Å². The highest BCUT2D eigenvalue weighted by molar-refractivity contribution is 5.91. The van der Waals surface area contributed by atoms with Gasteiger partial charge in [0.05, 0.1) is 12.1 Å². The number of hydrogen-bond acceptors (Lipinski definition) is 6. The number of carbonyl (C=O) groups is 3. The Bertz CT molecular complexity index is 964. The van der Waals surface area contributed by atoms with Crippen LogP contribution >= 0.6 is 0 Å². The molecule has 9 heteroatoms. The summed E-state index contributed by atoms with van der Waals surface area (Å²) >= 11 is 0. The monoisotopic (exact) mass is 587 g/mol. The zero-order valence-corrected chi connectivity index (χ0v) is 25.9. The van der Waals surface area contributed by atoms with Crippen molar-refractivity contribution < 1.29 is 29.3 Å². The molecule has 2 rings (SSSR count). The van der Waals surface area contributed by atoms with Crippen LogP contribution in [-0.4, -0.2) is 65.1 Å². The standard InChI is InChI=1S/C33H53N3O6/c1-6-17-42-33(41)36-28(21-25-15-11-8-12-16-25)32(40)35-27(18-22(2)3)31(39)34-26(20-24-13-9-7-10-14-24)30(38)29(37)19-23(4)5/h6,8,11-12,15-16,22-24,26-30,37-38H,1,7,9-10,13-14,17-21H2,2-5H3,(H,34,39)(H,35,40)(H,36,41)/t26-,27-,28-,29+,30+/m0/s1. The Morgan fingerprint density at radius 1 is 0.905 bits per heavy atom. The van der Waals surface area contributed by atoms with Gasteiger partial charge in [-0.3, -0.25) is 9.59 Å². The van der Waals surface area contributed by atoms with Gasteiger partial charge in [0.25, 0.3) is 0 Å². The predicted octanol–water partition coefficient (Wildman–Crippen LogP) is 4.26. The third-order valence-electron chi connectivity index (χ3n) is 7.72. The lowest BCUT2D eigenvalue weighted by Crippen LogP contribution is -2.58. The molecule has 0 aromatic heterocycles. The Hall–Kier alpha value is -2.91. The average molecular weight is 588 g/mol. The van der Waals surface area contributed by atoms with Crippen LogP contribution in [0.4, 0.5) is 4.79 Å². The third-order valence-corrected chi connectivity index (χ3v) is 7.72. The molecule has 1 aliphatic rings. The first-order valence-corrected chi connectivity index (χ1v) is 15.5. The van der Waals surface area contributed by atoms with Crippen molar-refractivity contribution in [2.45, 2.75) is 116 Å². The number of hydrogen-bond donors (Lipinski definition) is 5. The number of nitrogens with one attached hydrogen (secondary N) is 3. The Kier molecular flexibility index (Phi) is 15.6. The maximum Gasteiger partial charge on any atom is 0.408 e. The highest BCUT2D eigenvalue weighted by Gasteiger charge is 2.34. The maximum atomic E-state index is 13.7. The van der Waals surface area contributed by atoms with Crippen molar-refractivity contribution in [3.05, 3.63) is 48.6 Å². The summed E-state index contributed by atoms with van der Waals surface area (Å²) in [5, 5.41) is 30.4. The summed E-state index contributed by atoms with van der Waals surface area (Å²) in [5.41, 5.74) is 0.835. The number of aliphatic hydroxyl groups excluding tert-OH is 2. The first kappa shape index (κ1) is 35.3. The molecule has 0 bridgehead atoms. The lowest BCUT2D eigenvalue weighted by Gasteiger charge is -2.34. The lowest BCUT2D eigenvalue weighted by molar-refractivity contribution is -0.131. The lowest BCUT2D eigenvalue weighted by atomic mass is 9.82. The molecule has 1 saturated carbocycles. The summed E-state index contributed by atoms with van der Waals surface area (Å²) < 4.78 is 5.05. The minimum Gasteiger partial charge on any atom is -0.445 e. The van der Waals surface area contributed by atoms with Crippen LogP contribution in [0, 0.1) is 17.8 Å². The van der Waals surface area contributed by atoms with E-state index in [1.807, 2.05) is 58.0 Å². The van der Waals surface area contributed by atoms with Crippen LogP contribution in [0.25, 0.3) is 0 Å². The first-order chi connectivity index (χ1) is 20.0. The van der Waals surface area contributed by atoms with Crippen LogP contribution < -0.4 is 16.0 Å². The molecule has 5 N–H and O–H groups in total. The molecule has 5 atom stereocenters. The van der Waals surface area contributed by atoms with Gasteiger partial charge >= 0.3 is 6.09 Å². The smallest absolute Gasteiger partial charge is 0.408 e. The Morgan fingerprint density at radius 3 is 2.12 bits per heavy atom. The van der Waals surface area contributed by atoms with Gasteiger partial charge in [0.1, 0.15) is 24.8 Å². The molecule has 9 nitrogen and oxygen atoms in total. The summed E-state index contributed by atoms with van der Waals surface area (Å²) in [6, 6.07) is 6.75.